The number of imidazole rings is 1. The fourth-order valence-electron chi connectivity index (χ4n) is 8.66. The fourth-order valence-corrected chi connectivity index (χ4v) is 8.66. The maximum absolute atomic E-state index is 14.6. The lowest BCUT2D eigenvalue weighted by Gasteiger charge is -2.27. The molecule has 1 aliphatic heterocycles. The van der Waals surface area contributed by atoms with E-state index >= 15 is 0 Å². The molecule has 500 valence electrons. The van der Waals surface area contributed by atoms with Gasteiger partial charge < -0.3 is 132 Å². The Bertz CT molecular complexity index is 2910. The van der Waals surface area contributed by atoms with Crippen LogP contribution in [0, 0.1) is 0 Å². The van der Waals surface area contributed by atoms with Crippen LogP contribution >= 0.6 is 0 Å². The molecule has 0 spiro atoms. The number of amides is 7. The lowest BCUT2D eigenvalue weighted by Crippen LogP contribution is -2.59. The number of aromatic nitrogens is 4. The largest absolute Gasteiger partial charge is 0.480 e. The van der Waals surface area contributed by atoms with Crippen LogP contribution in [-0.4, -0.2) is 218 Å². The number of hydrogen-bond acceptors (Lipinski definition) is 21. The Morgan fingerprint density at radius 3 is 1.13 bits per heavy atom. The van der Waals surface area contributed by atoms with E-state index in [1.165, 1.54) is 10.9 Å². The van der Waals surface area contributed by atoms with Crippen molar-refractivity contribution in [3.05, 3.63) is 12.7 Å². The summed E-state index contributed by atoms with van der Waals surface area (Å²) < 4.78 is 6.95. The number of hydrogen-bond donors (Lipinski definition) is 23. The zero-order valence-electron chi connectivity index (χ0n) is 49.4. The zero-order chi connectivity index (χ0) is 67.0. The van der Waals surface area contributed by atoms with Gasteiger partial charge >= 0.3 is 5.97 Å². The van der Waals surface area contributed by atoms with Gasteiger partial charge in [-0.2, -0.15) is 0 Å². The van der Waals surface area contributed by atoms with Crippen molar-refractivity contribution in [1.29, 1.82) is 0 Å². The lowest BCUT2D eigenvalue weighted by molar-refractivity contribution is -0.142. The molecule has 1 unspecified atom stereocenters. The van der Waals surface area contributed by atoms with E-state index < -0.39 is 115 Å². The van der Waals surface area contributed by atoms with E-state index in [-0.39, 0.29) is 169 Å². The molecule has 2 aromatic heterocycles. The van der Waals surface area contributed by atoms with Gasteiger partial charge in [-0.15, -0.1) is 0 Å². The summed E-state index contributed by atoms with van der Waals surface area (Å²) in [5.74, 6) is -9.79. The molecule has 42 heteroatoms. The number of nitrogens with one attached hydrogen (secondary N) is 7. The predicted octanol–water partition coefficient (Wildman–Crippen LogP) is -11.5. The summed E-state index contributed by atoms with van der Waals surface area (Å²) in [6.45, 7) is -0.958. The summed E-state index contributed by atoms with van der Waals surface area (Å²) in [6, 6.07) is -8.94. The van der Waals surface area contributed by atoms with Gasteiger partial charge in [0.2, 0.25) is 35.4 Å². The van der Waals surface area contributed by atoms with E-state index in [9.17, 15) is 53.7 Å². The first-order valence-electron chi connectivity index (χ1n) is 28.2. The molecule has 90 heavy (non-hydrogen) atoms. The number of nitrogens with zero attached hydrogens (tertiary/aromatic N) is 10. The number of ether oxygens (including phenoxy) is 1. The average Bonchev–Trinajstić information content (AvgIpc) is 1.72. The van der Waals surface area contributed by atoms with E-state index in [4.69, 9.17) is 79.3 Å². The summed E-state index contributed by atoms with van der Waals surface area (Å²) in [7, 11) is 0. The number of rotatable bonds is 40. The van der Waals surface area contributed by atoms with Gasteiger partial charge in [0, 0.05) is 39.3 Å². The van der Waals surface area contributed by atoms with Gasteiger partial charge in [0.25, 0.3) is 5.91 Å². The SMILES string of the molecule is NC(N)=NCCC[C@@H](NC(=O)[C@@H](CCCN=C(N)N)NC(=O)[C@@H](CCCN=C(N)N)NC(=O)[C@@H](CCCN=C(N)N)NC(=O)[C@@H](CCCN=C(N)N)NC(=O)[C@@H](CCCN=C(N)N)NC(=O)CNC(=O)[C@H]1OC(n2cnc3c(N)ncnc32)[C@H](O)[C@@H]1O)C(=O)O. The number of carbonyl (C=O) groups is 8. The monoisotopic (exact) mass is 1270 g/mol. The number of aliphatic hydroxyl groups excluding tert-OH is 2. The van der Waals surface area contributed by atoms with Crippen LogP contribution in [0.1, 0.15) is 83.3 Å². The number of anilines is 1. The number of carboxylic acid groups (broad SMARTS) is 1. The molecule has 7 amide bonds. The molecule has 0 aliphatic carbocycles. The van der Waals surface area contributed by atoms with E-state index in [2.05, 4.69) is 82.1 Å². The third-order valence-electron chi connectivity index (χ3n) is 13.1. The average molecular weight is 1280 g/mol. The molecule has 2 aromatic rings. The third kappa shape index (κ3) is 26.3. The first-order valence-corrected chi connectivity index (χ1v) is 28.2. The molecule has 0 bridgehead atoms. The van der Waals surface area contributed by atoms with Crippen molar-refractivity contribution in [2.45, 2.75) is 138 Å². The topological polar surface area (TPSA) is 747 Å². The molecule has 10 atom stereocenters. The molecule has 42 nitrogen and oxygen atoms in total. The van der Waals surface area contributed by atoms with Crippen LogP contribution in [-0.2, 0) is 43.1 Å². The molecule has 1 saturated heterocycles. The first kappa shape index (κ1) is 73.9. The normalized spacial score (nSPS) is 17.0. The van der Waals surface area contributed by atoms with E-state index in [1.54, 1.807) is 0 Å². The minimum Gasteiger partial charge on any atom is -0.480 e. The quantitative estimate of drug-likeness (QED) is 0.0167. The summed E-state index contributed by atoms with van der Waals surface area (Å²) in [4.78, 5) is 146. The van der Waals surface area contributed by atoms with Crippen LogP contribution in [0.4, 0.5) is 5.82 Å². The molecule has 3 rings (SSSR count). The van der Waals surface area contributed by atoms with Gasteiger partial charge in [0.1, 0.15) is 60.3 Å². The lowest BCUT2D eigenvalue weighted by atomic mass is 10.0. The summed E-state index contributed by atoms with van der Waals surface area (Å²) >= 11 is 0. The van der Waals surface area contributed by atoms with Crippen LogP contribution in [0.2, 0.25) is 0 Å². The summed E-state index contributed by atoms with van der Waals surface area (Å²) in [5.41, 5.74) is 72.1. The number of guanidine groups is 6. The highest BCUT2D eigenvalue weighted by Gasteiger charge is 2.48. The van der Waals surface area contributed by atoms with Crippen molar-refractivity contribution < 1.29 is 58.4 Å². The van der Waals surface area contributed by atoms with Gasteiger partial charge in [-0.05, 0) is 77.0 Å². The Balaban J connectivity index is 1.94. The number of fused-ring (bicyclic) bond motifs is 1. The Labute approximate surface area is 514 Å². The van der Waals surface area contributed by atoms with E-state index in [0.717, 1.165) is 6.33 Å². The standard InChI is InChI=1S/C48H86N30O12/c49-33-29-34(70-20-69-33)78(21-71-29)41-31(81)30(80)32(90-41)40(87)68-19-28(79)72-22(7-1-13-62-43(50)51)35(82)73-23(8-2-14-63-44(52)53)36(83)74-24(9-3-15-64-45(54)55)37(84)75-25(10-4-16-65-46(56)57)38(85)76-26(11-5-17-66-47(58)59)39(86)77-27(42(88)89)12-6-18-67-48(60)61/h20-27,30-32,41,80-81H,1-19H2,(H,68,87)(H,72,79)(H,73,82)(H,74,83)(H,75,84)(H,76,85)(H,77,86)(H,88,89)(H2,49,69,70)(H4,50,51,62)(H4,52,53,63)(H4,54,55,64)(H4,56,57,65)(H4,58,59,66)(H4,60,61,67)/t22-,23-,24-,25-,26-,27-,30+,31-,32+,41?/m1/s1. The minimum absolute atomic E-state index is 0.00859. The second-order valence-corrected chi connectivity index (χ2v) is 20.2. The first-order chi connectivity index (χ1) is 42.6. The fraction of sp³-hybridized carbons (Fsp3) is 0.604. The Morgan fingerprint density at radius 1 is 0.478 bits per heavy atom. The third-order valence-corrected chi connectivity index (χ3v) is 13.1. The van der Waals surface area contributed by atoms with Gasteiger partial charge in [-0.1, -0.05) is 0 Å². The number of nitrogen functional groups attached to an aromatic ring is 1. The highest BCUT2D eigenvalue weighted by atomic mass is 16.6. The molecular formula is C48H86N30O12. The second-order valence-electron chi connectivity index (χ2n) is 20.2. The summed E-state index contributed by atoms with van der Waals surface area (Å²) in [6.07, 6.45) is -4.88. The van der Waals surface area contributed by atoms with Crippen molar-refractivity contribution in [2.75, 3.05) is 51.5 Å². The molecule has 36 N–H and O–H groups in total. The van der Waals surface area contributed by atoms with E-state index in [1.807, 2.05) is 0 Å². The Kier molecular flexibility index (Phi) is 31.2. The number of nitrogens with two attached hydrogens (primary N) is 13. The van der Waals surface area contributed by atoms with E-state index in [0.29, 0.717) is 0 Å². The number of carboxylic acids is 1. The molecule has 0 radical (unpaired) electrons. The maximum atomic E-state index is 14.6. The zero-order valence-corrected chi connectivity index (χ0v) is 49.4. The molecular weight excluding hydrogens is 1190 g/mol. The number of aliphatic hydroxyl groups is 2. The molecule has 0 aromatic carbocycles. The second kappa shape index (κ2) is 38.0. The van der Waals surface area contributed by atoms with Crippen LogP contribution in [0.25, 0.3) is 11.2 Å². The van der Waals surface area contributed by atoms with Gasteiger partial charge in [-0.3, -0.25) is 68.1 Å². The van der Waals surface area contributed by atoms with Crippen molar-refractivity contribution in [3.63, 3.8) is 0 Å². The highest BCUT2D eigenvalue weighted by Crippen LogP contribution is 2.32. The smallest absolute Gasteiger partial charge is 0.326 e. The van der Waals surface area contributed by atoms with Crippen LogP contribution < -0.4 is 112 Å². The minimum atomic E-state index is -1.81. The predicted molar refractivity (Wildman–Crippen MR) is 327 cm³/mol. The van der Waals surface area contributed by atoms with Crippen molar-refractivity contribution in [2.24, 2.45) is 98.8 Å². The summed E-state index contributed by atoms with van der Waals surface area (Å²) in [5, 5.41) is 49.3. The Morgan fingerprint density at radius 2 is 0.800 bits per heavy atom. The molecule has 1 aliphatic rings. The molecule has 3 heterocycles. The van der Waals surface area contributed by atoms with Crippen LogP contribution in [0.15, 0.2) is 42.6 Å². The van der Waals surface area contributed by atoms with Gasteiger partial charge in [0.05, 0.1) is 12.9 Å². The number of carbonyl (C=O) groups excluding carboxylic acids is 7. The van der Waals surface area contributed by atoms with Crippen molar-refractivity contribution >= 4 is 100 Å². The van der Waals surface area contributed by atoms with Crippen molar-refractivity contribution in [3.8, 4) is 0 Å². The highest BCUT2D eigenvalue weighted by molar-refractivity contribution is 5.97. The maximum Gasteiger partial charge on any atom is 0.326 e. The van der Waals surface area contributed by atoms with Gasteiger partial charge in [-0.25, -0.2) is 19.7 Å². The van der Waals surface area contributed by atoms with Crippen LogP contribution in [0.3, 0.4) is 0 Å². The number of aliphatic imine (C=N–C) groups is 6. The van der Waals surface area contributed by atoms with Crippen molar-refractivity contribution in [1.82, 2.24) is 56.7 Å². The molecule has 1 fully saturated rings. The molecule has 0 saturated carbocycles. The number of aliphatic carboxylic acids is 1. The Hall–Kier alpha value is -10.4. The van der Waals surface area contributed by atoms with Crippen LogP contribution in [0.5, 0.6) is 0 Å². The van der Waals surface area contributed by atoms with Gasteiger partial charge in [0.15, 0.2) is 59.6 Å².